The fraction of sp³-hybridized carbons (Fsp3) is 0.214. The molecular weight excluding hydrogens is 494 g/mol. The Morgan fingerprint density at radius 2 is 1.79 bits per heavy atom. The van der Waals surface area contributed by atoms with Crippen LogP contribution in [0, 0.1) is 0 Å². The van der Waals surface area contributed by atoms with E-state index < -0.39 is 11.5 Å². The number of methoxy groups -OCH3 is 1. The number of aromatic hydroxyl groups is 1. The van der Waals surface area contributed by atoms with Crippen molar-refractivity contribution in [3.8, 4) is 34.5 Å². The number of carbonyl (C=O) groups is 1. The Morgan fingerprint density at radius 1 is 1.00 bits per heavy atom. The van der Waals surface area contributed by atoms with Crippen molar-refractivity contribution in [2.24, 2.45) is 0 Å². The first-order valence-electron chi connectivity index (χ1n) is 11.9. The highest BCUT2D eigenvalue weighted by Crippen LogP contribution is 2.46. The highest BCUT2D eigenvalue weighted by molar-refractivity contribution is 5.85. The minimum Gasteiger partial charge on any atom is -0.507 e. The van der Waals surface area contributed by atoms with Crippen LogP contribution >= 0.6 is 0 Å². The number of amides is 1. The van der Waals surface area contributed by atoms with Gasteiger partial charge in [-0.15, -0.1) is 0 Å². The summed E-state index contributed by atoms with van der Waals surface area (Å²) in [6.45, 7) is 0.397. The van der Waals surface area contributed by atoms with Gasteiger partial charge in [-0.05, 0) is 47.5 Å². The van der Waals surface area contributed by atoms with Gasteiger partial charge in [-0.3, -0.25) is 4.79 Å². The lowest BCUT2D eigenvalue weighted by molar-refractivity contribution is -0.121. The molecule has 0 aliphatic carbocycles. The van der Waals surface area contributed by atoms with Crippen molar-refractivity contribution in [3.63, 3.8) is 0 Å². The van der Waals surface area contributed by atoms with E-state index in [1.54, 1.807) is 48.5 Å². The first-order valence-corrected chi connectivity index (χ1v) is 11.9. The van der Waals surface area contributed by atoms with Gasteiger partial charge in [-0.25, -0.2) is 4.79 Å². The Labute approximate surface area is 216 Å². The fourth-order valence-corrected chi connectivity index (χ4v) is 4.70. The summed E-state index contributed by atoms with van der Waals surface area (Å²) >= 11 is 0. The lowest BCUT2D eigenvalue weighted by Gasteiger charge is -2.20. The number of fused-ring (bicyclic) bond motifs is 3. The molecule has 1 atom stereocenters. The zero-order valence-electron chi connectivity index (χ0n) is 20.3. The summed E-state index contributed by atoms with van der Waals surface area (Å²) in [4.78, 5) is 26.4. The maximum Gasteiger partial charge on any atom is 0.343 e. The molecule has 0 spiro atoms. The van der Waals surface area contributed by atoms with Gasteiger partial charge in [-0.2, -0.15) is 0 Å². The molecule has 3 aromatic carbocycles. The highest BCUT2D eigenvalue weighted by Gasteiger charge is 2.30. The molecule has 0 fully saturated rings. The largest absolute Gasteiger partial charge is 0.507 e. The van der Waals surface area contributed by atoms with E-state index in [1.165, 1.54) is 7.11 Å². The molecule has 2 N–H and O–H groups in total. The third-order valence-corrected chi connectivity index (χ3v) is 6.57. The number of para-hydroxylation sites is 1. The van der Waals surface area contributed by atoms with Crippen LogP contribution in [0.5, 0.6) is 34.5 Å². The SMILES string of the molecule is COc1cc(C(CC(=O)NCc2ccc3c(c2)OCO3)c2c(O)c3ccccc3oc2=O)cc2c1OCO2. The lowest BCUT2D eigenvalue weighted by Crippen LogP contribution is -2.26. The van der Waals surface area contributed by atoms with Crippen LogP contribution in [0.25, 0.3) is 11.0 Å². The molecule has 0 radical (unpaired) electrons. The molecule has 0 saturated carbocycles. The van der Waals surface area contributed by atoms with Gasteiger partial charge >= 0.3 is 5.63 Å². The standard InChI is InChI=1S/C28H23NO9/c1-33-22-9-16(10-23-27(22)37-14-36-23)18(25-26(31)17-4-2-3-5-19(17)38-28(25)32)11-24(30)29-12-15-6-7-20-21(8-15)35-13-34-20/h2-10,18,31H,11-14H2,1H3,(H,29,30). The molecule has 0 saturated heterocycles. The van der Waals surface area contributed by atoms with E-state index in [-0.39, 0.29) is 49.4 Å². The van der Waals surface area contributed by atoms with Gasteiger partial charge in [0.15, 0.2) is 23.0 Å². The average Bonchev–Trinajstić information content (AvgIpc) is 3.60. The summed E-state index contributed by atoms with van der Waals surface area (Å²) in [5.74, 6) is 1.00. The first kappa shape index (κ1) is 23.5. The van der Waals surface area contributed by atoms with Crippen molar-refractivity contribution < 1.29 is 38.0 Å². The molecular formula is C28H23NO9. The molecule has 2 aliphatic heterocycles. The maximum absolute atomic E-state index is 13.2. The number of hydrogen-bond donors (Lipinski definition) is 2. The molecule has 1 amide bonds. The first-order chi connectivity index (χ1) is 18.5. The topological polar surface area (TPSA) is 126 Å². The molecule has 1 aromatic heterocycles. The molecule has 10 nitrogen and oxygen atoms in total. The Balaban J connectivity index is 1.36. The van der Waals surface area contributed by atoms with Crippen molar-refractivity contribution in [2.45, 2.75) is 18.9 Å². The van der Waals surface area contributed by atoms with E-state index in [2.05, 4.69) is 5.32 Å². The van der Waals surface area contributed by atoms with Gasteiger partial charge in [0.1, 0.15) is 11.3 Å². The van der Waals surface area contributed by atoms with Crippen LogP contribution in [-0.4, -0.2) is 31.7 Å². The molecule has 2 aliphatic rings. The van der Waals surface area contributed by atoms with Gasteiger partial charge in [0.2, 0.25) is 25.2 Å². The summed E-state index contributed by atoms with van der Waals surface area (Å²) in [5.41, 5.74) is 0.793. The van der Waals surface area contributed by atoms with Gasteiger partial charge in [-0.1, -0.05) is 18.2 Å². The molecule has 3 heterocycles. The van der Waals surface area contributed by atoms with Crippen molar-refractivity contribution in [1.29, 1.82) is 0 Å². The number of ether oxygens (including phenoxy) is 5. The number of benzene rings is 3. The number of hydrogen-bond acceptors (Lipinski definition) is 9. The van der Waals surface area contributed by atoms with Gasteiger partial charge in [0, 0.05) is 18.9 Å². The molecule has 6 rings (SSSR count). The Bertz CT molecular complexity index is 1610. The highest BCUT2D eigenvalue weighted by atomic mass is 16.7. The van der Waals surface area contributed by atoms with E-state index in [0.29, 0.717) is 39.7 Å². The van der Waals surface area contributed by atoms with Gasteiger partial charge < -0.3 is 38.5 Å². The van der Waals surface area contributed by atoms with E-state index in [4.69, 9.17) is 28.1 Å². The summed E-state index contributed by atoms with van der Waals surface area (Å²) < 4.78 is 32.8. The minimum absolute atomic E-state index is 0.0131. The van der Waals surface area contributed by atoms with E-state index in [9.17, 15) is 14.7 Å². The molecule has 1 unspecified atom stereocenters. The summed E-state index contributed by atoms with van der Waals surface area (Å²) in [6, 6.07) is 15.4. The van der Waals surface area contributed by atoms with E-state index in [1.807, 2.05) is 6.07 Å². The normalized spacial score (nSPS) is 13.9. The van der Waals surface area contributed by atoms with Crippen LogP contribution in [0.4, 0.5) is 0 Å². The summed E-state index contributed by atoms with van der Waals surface area (Å²) in [7, 11) is 1.48. The second-order valence-corrected chi connectivity index (χ2v) is 8.83. The maximum atomic E-state index is 13.2. The predicted octanol–water partition coefficient (Wildman–Crippen LogP) is 3.80. The number of nitrogens with one attached hydrogen (secondary N) is 1. The summed E-state index contributed by atoms with van der Waals surface area (Å²) in [6.07, 6.45) is -0.163. The monoisotopic (exact) mass is 517 g/mol. The predicted molar refractivity (Wildman–Crippen MR) is 134 cm³/mol. The Kier molecular flexibility index (Phi) is 5.91. The average molecular weight is 517 g/mol. The zero-order chi connectivity index (χ0) is 26.2. The van der Waals surface area contributed by atoms with Crippen molar-refractivity contribution in [2.75, 3.05) is 20.7 Å². The molecule has 10 heteroatoms. The zero-order valence-corrected chi connectivity index (χ0v) is 20.3. The van der Waals surface area contributed by atoms with Gasteiger partial charge in [0.25, 0.3) is 0 Å². The number of rotatable bonds is 7. The van der Waals surface area contributed by atoms with E-state index in [0.717, 1.165) is 5.56 Å². The van der Waals surface area contributed by atoms with Crippen LogP contribution in [0.2, 0.25) is 0 Å². The molecule has 194 valence electrons. The molecule has 4 aromatic rings. The third kappa shape index (κ3) is 4.19. The molecule has 0 bridgehead atoms. The van der Waals surface area contributed by atoms with Crippen LogP contribution in [-0.2, 0) is 11.3 Å². The quantitative estimate of drug-likeness (QED) is 0.352. The van der Waals surface area contributed by atoms with Crippen molar-refractivity contribution >= 4 is 16.9 Å². The fourth-order valence-electron chi connectivity index (χ4n) is 4.70. The van der Waals surface area contributed by atoms with Crippen molar-refractivity contribution in [3.05, 3.63) is 81.7 Å². The van der Waals surface area contributed by atoms with Crippen LogP contribution in [0.3, 0.4) is 0 Å². The summed E-state index contributed by atoms with van der Waals surface area (Å²) in [5, 5.41) is 14.4. The third-order valence-electron chi connectivity index (χ3n) is 6.57. The second-order valence-electron chi connectivity index (χ2n) is 8.83. The van der Waals surface area contributed by atoms with Crippen molar-refractivity contribution in [1.82, 2.24) is 5.32 Å². The van der Waals surface area contributed by atoms with E-state index >= 15 is 0 Å². The van der Waals surface area contributed by atoms with Gasteiger partial charge in [0.05, 0.1) is 18.1 Å². The number of carbonyl (C=O) groups excluding carboxylic acids is 1. The lowest BCUT2D eigenvalue weighted by atomic mass is 9.87. The molecule has 38 heavy (non-hydrogen) atoms. The van der Waals surface area contributed by atoms with Crippen LogP contribution in [0.15, 0.2) is 63.8 Å². The Hall–Kier alpha value is -4.86. The second kappa shape index (κ2) is 9.55. The minimum atomic E-state index is -0.879. The van der Waals surface area contributed by atoms with Crippen LogP contribution < -0.4 is 34.6 Å². The smallest absolute Gasteiger partial charge is 0.343 e. The van der Waals surface area contributed by atoms with Crippen LogP contribution in [0.1, 0.15) is 29.0 Å². The Morgan fingerprint density at radius 3 is 2.66 bits per heavy atom.